The molecule has 146 valence electrons. The number of aromatic nitrogens is 2. The normalized spacial score (nSPS) is 10.8. The van der Waals surface area contributed by atoms with Crippen LogP contribution in [-0.4, -0.2) is 39.4 Å². The van der Waals surface area contributed by atoms with E-state index >= 15 is 0 Å². The zero-order valence-electron chi connectivity index (χ0n) is 16.3. The Morgan fingerprint density at radius 1 is 1.04 bits per heavy atom. The number of fused-ring (bicyclic) bond motifs is 1. The first-order valence-corrected chi connectivity index (χ1v) is 9.29. The van der Waals surface area contributed by atoms with Crippen LogP contribution in [0.1, 0.15) is 40.1 Å². The monoisotopic (exact) mass is 380 g/mol. The van der Waals surface area contributed by atoms with Crippen LogP contribution in [-0.2, 0) is 13.6 Å². The first kappa shape index (κ1) is 19.4. The number of aromatic amines is 1. The zero-order chi connectivity index (χ0) is 20.3. The fourth-order valence-electron chi connectivity index (χ4n) is 3.12. The van der Waals surface area contributed by atoms with E-state index < -0.39 is 0 Å². The van der Waals surface area contributed by atoms with E-state index in [-0.39, 0.29) is 17.5 Å². The molecule has 3 aromatic rings. The standard InChI is InChI=1S/C21H24N4O3/c1-4-25(5-2)20(27)15-8-6-14(7-9-15)13-22-19(26)16-10-11-18-17(12-16)23-21(28)24(18)3/h6-12H,4-5,13H2,1-3H3,(H,22,26)(H,23,28). The van der Waals surface area contributed by atoms with Gasteiger partial charge in [-0.15, -0.1) is 0 Å². The largest absolute Gasteiger partial charge is 0.348 e. The molecule has 0 bridgehead atoms. The lowest BCUT2D eigenvalue weighted by atomic mass is 10.1. The Labute approximate surface area is 163 Å². The number of carbonyl (C=O) groups excluding carboxylic acids is 2. The van der Waals surface area contributed by atoms with Crippen LogP contribution < -0.4 is 11.0 Å². The van der Waals surface area contributed by atoms with Gasteiger partial charge in [0.15, 0.2) is 0 Å². The molecular weight excluding hydrogens is 356 g/mol. The average Bonchev–Trinajstić information content (AvgIpc) is 3.00. The number of aryl methyl sites for hydroxylation is 1. The van der Waals surface area contributed by atoms with Gasteiger partial charge < -0.3 is 15.2 Å². The smallest absolute Gasteiger partial charge is 0.326 e. The molecule has 1 aromatic heterocycles. The van der Waals surface area contributed by atoms with Crippen LogP contribution >= 0.6 is 0 Å². The minimum atomic E-state index is -0.227. The van der Waals surface area contributed by atoms with Crippen molar-refractivity contribution in [2.75, 3.05) is 13.1 Å². The first-order valence-electron chi connectivity index (χ1n) is 9.29. The number of nitrogens with zero attached hydrogens (tertiary/aromatic N) is 2. The second kappa shape index (κ2) is 8.12. The third kappa shape index (κ3) is 3.83. The van der Waals surface area contributed by atoms with Gasteiger partial charge in [-0.1, -0.05) is 12.1 Å². The molecular formula is C21H24N4O3. The van der Waals surface area contributed by atoms with Gasteiger partial charge in [-0.2, -0.15) is 0 Å². The van der Waals surface area contributed by atoms with Crippen LogP contribution in [0.3, 0.4) is 0 Å². The summed E-state index contributed by atoms with van der Waals surface area (Å²) >= 11 is 0. The second-order valence-corrected chi connectivity index (χ2v) is 6.58. The predicted octanol–water partition coefficient (Wildman–Crippen LogP) is 2.28. The predicted molar refractivity (Wildman–Crippen MR) is 108 cm³/mol. The molecule has 0 unspecified atom stereocenters. The summed E-state index contributed by atoms with van der Waals surface area (Å²) < 4.78 is 1.50. The molecule has 0 aliphatic heterocycles. The molecule has 2 N–H and O–H groups in total. The van der Waals surface area contributed by atoms with Gasteiger partial charge in [0.05, 0.1) is 11.0 Å². The number of imidazole rings is 1. The number of hydrogen-bond acceptors (Lipinski definition) is 3. The van der Waals surface area contributed by atoms with E-state index in [0.717, 1.165) is 11.1 Å². The lowest BCUT2D eigenvalue weighted by Crippen LogP contribution is -2.30. The van der Waals surface area contributed by atoms with E-state index in [2.05, 4.69) is 10.3 Å². The second-order valence-electron chi connectivity index (χ2n) is 6.58. The lowest BCUT2D eigenvalue weighted by molar-refractivity contribution is 0.0772. The van der Waals surface area contributed by atoms with Gasteiger partial charge in [0.1, 0.15) is 0 Å². The van der Waals surface area contributed by atoms with Gasteiger partial charge in [-0.3, -0.25) is 14.2 Å². The number of hydrogen-bond donors (Lipinski definition) is 2. The van der Waals surface area contributed by atoms with Gasteiger partial charge in [0.25, 0.3) is 11.8 Å². The SMILES string of the molecule is CCN(CC)C(=O)c1ccc(CNC(=O)c2ccc3c(c2)[nH]c(=O)n3C)cc1. The summed E-state index contributed by atoms with van der Waals surface area (Å²) in [7, 11) is 1.68. The van der Waals surface area contributed by atoms with E-state index in [1.54, 1.807) is 42.3 Å². The minimum absolute atomic E-state index is 0.00532. The topological polar surface area (TPSA) is 87.2 Å². The van der Waals surface area contributed by atoms with Crippen molar-refractivity contribution in [3.63, 3.8) is 0 Å². The highest BCUT2D eigenvalue weighted by Crippen LogP contribution is 2.13. The number of amides is 2. The summed E-state index contributed by atoms with van der Waals surface area (Å²) in [5.74, 6) is -0.222. The van der Waals surface area contributed by atoms with Crippen molar-refractivity contribution >= 4 is 22.8 Å². The third-order valence-electron chi connectivity index (χ3n) is 4.87. The third-order valence-corrected chi connectivity index (χ3v) is 4.87. The molecule has 0 aliphatic carbocycles. The maximum atomic E-state index is 12.4. The summed E-state index contributed by atoms with van der Waals surface area (Å²) in [6.07, 6.45) is 0. The molecule has 0 radical (unpaired) electrons. The molecule has 7 heteroatoms. The van der Waals surface area contributed by atoms with Crippen LogP contribution in [0.4, 0.5) is 0 Å². The Bertz CT molecular complexity index is 1060. The maximum absolute atomic E-state index is 12.4. The van der Waals surface area contributed by atoms with Crippen molar-refractivity contribution in [3.8, 4) is 0 Å². The molecule has 0 saturated carbocycles. The van der Waals surface area contributed by atoms with Crippen LogP contribution in [0.5, 0.6) is 0 Å². The van der Waals surface area contributed by atoms with Crippen molar-refractivity contribution < 1.29 is 9.59 Å². The number of nitrogens with one attached hydrogen (secondary N) is 2. The number of carbonyl (C=O) groups is 2. The molecule has 0 saturated heterocycles. The van der Waals surface area contributed by atoms with Gasteiger partial charge in [0.2, 0.25) is 0 Å². The number of H-pyrrole nitrogens is 1. The summed E-state index contributed by atoms with van der Waals surface area (Å²) in [5.41, 5.74) is 3.17. The van der Waals surface area contributed by atoms with Crippen molar-refractivity contribution in [3.05, 3.63) is 69.6 Å². The minimum Gasteiger partial charge on any atom is -0.348 e. The van der Waals surface area contributed by atoms with Crippen LogP contribution in [0.2, 0.25) is 0 Å². The maximum Gasteiger partial charge on any atom is 0.326 e. The van der Waals surface area contributed by atoms with E-state index in [4.69, 9.17) is 0 Å². The summed E-state index contributed by atoms with van der Waals surface area (Å²) in [6.45, 7) is 5.59. The molecule has 0 fully saturated rings. The van der Waals surface area contributed by atoms with Gasteiger partial charge in [-0.05, 0) is 49.7 Å². The van der Waals surface area contributed by atoms with E-state index in [1.807, 2.05) is 26.0 Å². The Kier molecular flexibility index (Phi) is 5.63. The van der Waals surface area contributed by atoms with Gasteiger partial charge in [0, 0.05) is 37.8 Å². The highest BCUT2D eigenvalue weighted by molar-refractivity contribution is 5.97. The van der Waals surface area contributed by atoms with Crippen molar-refractivity contribution in [2.24, 2.45) is 7.05 Å². The summed E-state index contributed by atoms with van der Waals surface area (Å²) in [6, 6.07) is 12.3. The van der Waals surface area contributed by atoms with Gasteiger partial charge >= 0.3 is 5.69 Å². The van der Waals surface area contributed by atoms with Crippen LogP contribution in [0, 0.1) is 0 Å². The molecule has 3 rings (SSSR count). The fraction of sp³-hybridized carbons (Fsp3) is 0.286. The zero-order valence-corrected chi connectivity index (χ0v) is 16.3. The van der Waals surface area contributed by atoms with Crippen molar-refractivity contribution in [2.45, 2.75) is 20.4 Å². The molecule has 0 atom stereocenters. The van der Waals surface area contributed by atoms with E-state index in [0.29, 0.717) is 36.3 Å². The highest BCUT2D eigenvalue weighted by Gasteiger charge is 2.13. The quantitative estimate of drug-likeness (QED) is 0.688. The van der Waals surface area contributed by atoms with E-state index in [9.17, 15) is 14.4 Å². The average molecular weight is 380 g/mol. The number of rotatable bonds is 6. The lowest BCUT2D eigenvalue weighted by Gasteiger charge is -2.18. The molecule has 2 amide bonds. The Hall–Kier alpha value is -3.35. The summed E-state index contributed by atoms with van der Waals surface area (Å²) in [4.78, 5) is 40.9. The Morgan fingerprint density at radius 3 is 2.32 bits per heavy atom. The highest BCUT2D eigenvalue weighted by atomic mass is 16.2. The Morgan fingerprint density at radius 2 is 1.68 bits per heavy atom. The van der Waals surface area contributed by atoms with Crippen molar-refractivity contribution in [1.29, 1.82) is 0 Å². The van der Waals surface area contributed by atoms with Crippen LogP contribution in [0.25, 0.3) is 11.0 Å². The Balaban J connectivity index is 1.66. The van der Waals surface area contributed by atoms with Gasteiger partial charge in [-0.25, -0.2) is 4.79 Å². The molecule has 7 nitrogen and oxygen atoms in total. The summed E-state index contributed by atoms with van der Waals surface area (Å²) in [5, 5.41) is 2.86. The molecule has 28 heavy (non-hydrogen) atoms. The molecule has 1 heterocycles. The van der Waals surface area contributed by atoms with Crippen LogP contribution in [0.15, 0.2) is 47.3 Å². The van der Waals surface area contributed by atoms with Crippen molar-refractivity contribution in [1.82, 2.24) is 19.8 Å². The number of benzene rings is 2. The first-order chi connectivity index (χ1) is 13.4. The molecule has 0 aliphatic rings. The fourth-order valence-corrected chi connectivity index (χ4v) is 3.12. The molecule has 0 spiro atoms. The molecule has 2 aromatic carbocycles. The van der Waals surface area contributed by atoms with E-state index in [1.165, 1.54) is 4.57 Å².